The molecular formula is C16H24N2O3. The van der Waals surface area contributed by atoms with Crippen molar-refractivity contribution in [1.29, 1.82) is 0 Å². The van der Waals surface area contributed by atoms with Crippen molar-refractivity contribution in [3.63, 3.8) is 0 Å². The molecule has 1 aromatic carbocycles. The van der Waals surface area contributed by atoms with Crippen LogP contribution in [0.4, 0.5) is 5.69 Å². The third kappa shape index (κ3) is 3.95. The molecule has 0 aliphatic carbocycles. The van der Waals surface area contributed by atoms with Crippen LogP contribution in [-0.2, 0) is 15.1 Å². The van der Waals surface area contributed by atoms with E-state index in [9.17, 15) is 9.90 Å². The summed E-state index contributed by atoms with van der Waals surface area (Å²) in [6, 6.07) is 7.78. The number of carbonyl (C=O) groups excluding carboxylic acids is 1. The minimum absolute atomic E-state index is 0.0443. The maximum absolute atomic E-state index is 11.4. The Bertz CT molecular complexity index is 477. The van der Waals surface area contributed by atoms with Crippen LogP contribution in [0.25, 0.3) is 0 Å². The Morgan fingerprint density at radius 2 is 1.81 bits per heavy atom. The molecule has 5 heteroatoms. The van der Waals surface area contributed by atoms with E-state index in [-0.39, 0.29) is 6.42 Å². The van der Waals surface area contributed by atoms with Gasteiger partial charge < -0.3 is 19.6 Å². The van der Waals surface area contributed by atoms with E-state index in [1.165, 1.54) is 7.11 Å². The quantitative estimate of drug-likeness (QED) is 0.845. The van der Waals surface area contributed by atoms with Crippen molar-refractivity contribution in [3.8, 4) is 0 Å². The zero-order valence-electron chi connectivity index (χ0n) is 13.0. The second kappa shape index (κ2) is 6.45. The Kier molecular flexibility index (Phi) is 4.85. The Morgan fingerprint density at radius 1 is 1.24 bits per heavy atom. The molecule has 116 valence electrons. The molecule has 1 saturated heterocycles. The number of hydrogen-bond donors (Lipinski definition) is 1. The summed E-state index contributed by atoms with van der Waals surface area (Å²) in [4.78, 5) is 16.0. The molecule has 5 nitrogen and oxygen atoms in total. The lowest BCUT2D eigenvalue weighted by Crippen LogP contribution is -2.44. The maximum atomic E-state index is 11.4. The largest absolute Gasteiger partial charge is 0.469 e. The lowest BCUT2D eigenvalue weighted by Gasteiger charge is -2.34. The summed E-state index contributed by atoms with van der Waals surface area (Å²) in [5.41, 5.74) is 0.680. The first-order valence-electron chi connectivity index (χ1n) is 7.25. The van der Waals surface area contributed by atoms with Crippen molar-refractivity contribution in [2.45, 2.75) is 18.9 Å². The number of benzene rings is 1. The second-order valence-corrected chi connectivity index (χ2v) is 5.86. The first kappa shape index (κ1) is 15.8. The summed E-state index contributed by atoms with van der Waals surface area (Å²) in [6.07, 6.45) is -0.0443. The summed E-state index contributed by atoms with van der Waals surface area (Å²) in [5, 5.41) is 10.4. The van der Waals surface area contributed by atoms with Crippen LogP contribution in [0.2, 0.25) is 0 Å². The van der Waals surface area contributed by atoms with Crippen LogP contribution in [-0.4, -0.2) is 56.3 Å². The highest BCUT2D eigenvalue weighted by Crippen LogP contribution is 2.27. The lowest BCUT2D eigenvalue weighted by molar-refractivity contribution is -0.145. The molecule has 1 atom stereocenters. The number of ether oxygens (including phenoxy) is 1. The molecule has 0 bridgehead atoms. The van der Waals surface area contributed by atoms with Gasteiger partial charge in [-0.15, -0.1) is 0 Å². The smallest absolute Gasteiger partial charge is 0.308 e. The molecule has 1 aliphatic rings. The molecule has 1 aromatic rings. The fraction of sp³-hybridized carbons (Fsp3) is 0.562. The highest BCUT2D eigenvalue weighted by molar-refractivity contribution is 5.70. The van der Waals surface area contributed by atoms with Crippen LogP contribution >= 0.6 is 0 Å². The highest BCUT2D eigenvalue weighted by atomic mass is 16.5. The Balaban J connectivity index is 2.06. The number of methoxy groups -OCH3 is 1. The van der Waals surface area contributed by atoms with Crippen molar-refractivity contribution in [1.82, 2.24) is 4.90 Å². The monoisotopic (exact) mass is 292 g/mol. The molecule has 1 N–H and O–H groups in total. The molecule has 0 aromatic heterocycles. The lowest BCUT2D eigenvalue weighted by atomic mass is 9.92. The number of likely N-dealkylation sites (N-methyl/N-ethyl adjacent to an activating group) is 1. The summed E-state index contributed by atoms with van der Waals surface area (Å²) < 4.78 is 4.62. The number of nitrogens with zero attached hydrogens (tertiary/aromatic N) is 2. The van der Waals surface area contributed by atoms with E-state index in [1.807, 2.05) is 24.3 Å². The average Bonchev–Trinajstić information content (AvgIpc) is 2.47. The Hall–Kier alpha value is -1.59. The minimum atomic E-state index is -1.20. The molecule has 2 rings (SSSR count). The van der Waals surface area contributed by atoms with Crippen LogP contribution in [0.1, 0.15) is 18.9 Å². The standard InChI is InChI=1S/C16H24N2O3/c1-16(20,12-15(19)21-3)13-4-6-14(7-5-13)18-10-8-17(2)9-11-18/h4-7,20H,8-12H2,1-3H3. The maximum Gasteiger partial charge on any atom is 0.308 e. The molecule has 1 heterocycles. The predicted molar refractivity (Wildman–Crippen MR) is 82.4 cm³/mol. The SMILES string of the molecule is COC(=O)CC(C)(O)c1ccc(N2CCN(C)CC2)cc1. The third-order valence-corrected chi connectivity index (χ3v) is 4.07. The van der Waals surface area contributed by atoms with Gasteiger partial charge in [0.25, 0.3) is 0 Å². The molecule has 0 radical (unpaired) electrons. The summed E-state index contributed by atoms with van der Waals surface area (Å²) in [7, 11) is 3.46. The van der Waals surface area contributed by atoms with E-state index in [0.29, 0.717) is 0 Å². The van der Waals surface area contributed by atoms with E-state index < -0.39 is 11.6 Å². The molecule has 0 spiro atoms. The van der Waals surface area contributed by atoms with Crippen LogP contribution in [0.3, 0.4) is 0 Å². The van der Waals surface area contributed by atoms with Gasteiger partial charge in [0, 0.05) is 31.9 Å². The van der Waals surface area contributed by atoms with E-state index in [2.05, 4.69) is 21.6 Å². The normalized spacial score (nSPS) is 19.1. The molecule has 1 unspecified atom stereocenters. The van der Waals surface area contributed by atoms with E-state index in [0.717, 1.165) is 37.4 Å². The molecule has 1 fully saturated rings. The van der Waals surface area contributed by atoms with Crippen LogP contribution < -0.4 is 4.90 Å². The van der Waals surface area contributed by atoms with Crippen LogP contribution in [0.15, 0.2) is 24.3 Å². The third-order valence-electron chi connectivity index (χ3n) is 4.07. The summed E-state index contributed by atoms with van der Waals surface area (Å²) in [6.45, 7) is 5.77. The van der Waals surface area contributed by atoms with Gasteiger partial charge in [0.1, 0.15) is 0 Å². The number of rotatable bonds is 4. The van der Waals surface area contributed by atoms with Gasteiger partial charge in [0.2, 0.25) is 0 Å². The van der Waals surface area contributed by atoms with Gasteiger partial charge in [-0.2, -0.15) is 0 Å². The second-order valence-electron chi connectivity index (χ2n) is 5.86. The average molecular weight is 292 g/mol. The van der Waals surface area contributed by atoms with Crippen molar-refractivity contribution in [2.24, 2.45) is 0 Å². The van der Waals surface area contributed by atoms with Gasteiger partial charge in [0.05, 0.1) is 19.1 Å². The number of esters is 1. The van der Waals surface area contributed by atoms with Gasteiger partial charge in [-0.05, 0) is 31.7 Å². The number of anilines is 1. The zero-order valence-corrected chi connectivity index (χ0v) is 13.0. The van der Waals surface area contributed by atoms with Crippen LogP contribution in [0, 0.1) is 0 Å². The summed E-state index contributed by atoms with van der Waals surface area (Å²) >= 11 is 0. The fourth-order valence-corrected chi connectivity index (χ4v) is 2.55. The molecule has 0 amide bonds. The Morgan fingerprint density at radius 3 is 2.33 bits per heavy atom. The topological polar surface area (TPSA) is 53.0 Å². The van der Waals surface area contributed by atoms with Gasteiger partial charge in [-0.25, -0.2) is 0 Å². The zero-order chi connectivity index (χ0) is 15.5. The minimum Gasteiger partial charge on any atom is -0.469 e. The first-order chi connectivity index (χ1) is 9.92. The van der Waals surface area contributed by atoms with E-state index in [1.54, 1.807) is 6.92 Å². The van der Waals surface area contributed by atoms with Crippen molar-refractivity contribution in [3.05, 3.63) is 29.8 Å². The van der Waals surface area contributed by atoms with Crippen molar-refractivity contribution < 1.29 is 14.6 Å². The molecule has 21 heavy (non-hydrogen) atoms. The highest BCUT2D eigenvalue weighted by Gasteiger charge is 2.27. The number of aliphatic hydroxyl groups is 1. The molecule has 0 saturated carbocycles. The number of carbonyl (C=O) groups is 1. The predicted octanol–water partition coefficient (Wildman–Crippen LogP) is 1.21. The van der Waals surface area contributed by atoms with Crippen molar-refractivity contribution >= 4 is 11.7 Å². The molecular weight excluding hydrogens is 268 g/mol. The Labute approximate surface area is 126 Å². The van der Waals surface area contributed by atoms with Crippen molar-refractivity contribution in [2.75, 3.05) is 45.2 Å². The fourth-order valence-electron chi connectivity index (χ4n) is 2.55. The number of hydrogen-bond acceptors (Lipinski definition) is 5. The van der Waals surface area contributed by atoms with Crippen LogP contribution in [0.5, 0.6) is 0 Å². The van der Waals surface area contributed by atoms with Gasteiger partial charge >= 0.3 is 5.97 Å². The van der Waals surface area contributed by atoms with Gasteiger partial charge in [-0.1, -0.05) is 12.1 Å². The first-order valence-corrected chi connectivity index (χ1v) is 7.25. The van der Waals surface area contributed by atoms with E-state index in [4.69, 9.17) is 0 Å². The molecule has 1 aliphatic heterocycles. The summed E-state index contributed by atoms with van der Waals surface area (Å²) in [5.74, 6) is -0.414. The van der Waals surface area contributed by atoms with Gasteiger partial charge in [0.15, 0.2) is 0 Å². The number of piperazine rings is 1. The van der Waals surface area contributed by atoms with E-state index >= 15 is 0 Å². The van der Waals surface area contributed by atoms with Gasteiger partial charge in [-0.3, -0.25) is 4.79 Å².